The molecule has 0 unspecified atom stereocenters. The van der Waals surface area contributed by atoms with Crippen molar-refractivity contribution in [3.63, 3.8) is 0 Å². The SMILES string of the molecule is COC(C)(C)C(=O)Nc1ccc(-n2ncc(C(=O)O)c2C(F)(F)F)cc1. The van der Waals surface area contributed by atoms with Gasteiger partial charge >= 0.3 is 12.1 Å². The second kappa shape index (κ2) is 6.79. The quantitative estimate of drug-likeness (QED) is 0.843. The van der Waals surface area contributed by atoms with Gasteiger partial charge in [-0.3, -0.25) is 4.79 Å². The van der Waals surface area contributed by atoms with Crippen LogP contribution in [0.4, 0.5) is 18.9 Å². The van der Waals surface area contributed by atoms with E-state index in [4.69, 9.17) is 9.84 Å². The third-order valence-corrected chi connectivity index (χ3v) is 3.70. The zero-order valence-electron chi connectivity index (χ0n) is 14.1. The lowest BCUT2D eigenvalue weighted by Gasteiger charge is -2.21. The van der Waals surface area contributed by atoms with Crippen LogP contribution in [-0.4, -0.2) is 39.5 Å². The Morgan fingerprint density at radius 2 is 1.77 bits per heavy atom. The Morgan fingerprint density at radius 3 is 2.23 bits per heavy atom. The standard InChI is InChI=1S/C16H16F3N3O4/c1-15(2,26-3)14(25)21-9-4-6-10(7-5-9)22-12(16(17,18)19)11(8-20-22)13(23)24/h4-8H,1-3H3,(H,21,25)(H,23,24). The number of alkyl halides is 3. The molecule has 1 aromatic carbocycles. The van der Waals surface area contributed by atoms with Crippen LogP contribution in [0.3, 0.4) is 0 Å². The van der Waals surface area contributed by atoms with Gasteiger partial charge in [-0.05, 0) is 38.1 Å². The first-order valence-corrected chi connectivity index (χ1v) is 7.33. The molecule has 2 aromatic rings. The number of anilines is 1. The second-order valence-electron chi connectivity index (χ2n) is 5.84. The molecule has 0 aliphatic rings. The number of benzene rings is 1. The maximum Gasteiger partial charge on any atom is 0.434 e. The predicted molar refractivity (Wildman–Crippen MR) is 85.2 cm³/mol. The Balaban J connectivity index is 2.35. The van der Waals surface area contributed by atoms with E-state index in [2.05, 4.69) is 10.4 Å². The first-order valence-electron chi connectivity index (χ1n) is 7.33. The number of hydrogen-bond acceptors (Lipinski definition) is 4. The Hall–Kier alpha value is -2.88. The lowest BCUT2D eigenvalue weighted by Crippen LogP contribution is -2.38. The summed E-state index contributed by atoms with van der Waals surface area (Å²) in [5.74, 6) is -2.16. The third kappa shape index (κ3) is 3.85. The average Bonchev–Trinajstić information content (AvgIpc) is 3.01. The number of carbonyl (C=O) groups excluding carboxylic acids is 1. The van der Waals surface area contributed by atoms with Crippen molar-refractivity contribution in [1.82, 2.24) is 9.78 Å². The fraction of sp³-hybridized carbons (Fsp3) is 0.312. The molecule has 0 radical (unpaired) electrons. The molecular formula is C16H16F3N3O4. The van der Waals surface area contributed by atoms with Crippen molar-refractivity contribution in [3.8, 4) is 5.69 Å². The molecule has 0 bridgehead atoms. The number of aromatic carboxylic acids is 1. The van der Waals surface area contributed by atoms with Gasteiger partial charge in [0, 0.05) is 12.8 Å². The number of aromatic nitrogens is 2. The zero-order chi connectivity index (χ0) is 19.7. The minimum absolute atomic E-state index is 0.00572. The summed E-state index contributed by atoms with van der Waals surface area (Å²) in [4.78, 5) is 23.0. The van der Waals surface area contributed by atoms with E-state index in [0.717, 1.165) is 0 Å². The summed E-state index contributed by atoms with van der Waals surface area (Å²) in [6, 6.07) is 5.31. The molecule has 1 amide bonds. The van der Waals surface area contributed by atoms with Gasteiger partial charge in [-0.15, -0.1) is 0 Å². The van der Waals surface area contributed by atoms with Crippen molar-refractivity contribution in [2.24, 2.45) is 0 Å². The maximum atomic E-state index is 13.2. The highest BCUT2D eigenvalue weighted by molar-refractivity contribution is 5.96. The van der Waals surface area contributed by atoms with E-state index in [9.17, 15) is 22.8 Å². The Kier molecular flexibility index (Phi) is 5.08. The highest BCUT2D eigenvalue weighted by Crippen LogP contribution is 2.33. The van der Waals surface area contributed by atoms with Crippen LogP contribution < -0.4 is 5.32 Å². The molecular weight excluding hydrogens is 355 g/mol. The van der Waals surface area contributed by atoms with Crippen molar-refractivity contribution in [3.05, 3.63) is 41.7 Å². The van der Waals surface area contributed by atoms with E-state index in [-0.39, 0.29) is 5.69 Å². The van der Waals surface area contributed by atoms with Crippen LogP contribution in [0.5, 0.6) is 0 Å². The normalized spacial score (nSPS) is 12.1. The molecule has 0 spiro atoms. The largest absolute Gasteiger partial charge is 0.478 e. The van der Waals surface area contributed by atoms with Crippen LogP contribution >= 0.6 is 0 Å². The highest BCUT2D eigenvalue weighted by Gasteiger charge is 2.40. The lowest BCUT2D eigenvalue weighted by molar-refractivity contribution is -0.143. The summed E-state index contributed by atoms with van der Waals surface area (Å²) < 4.78 is 45.2. The van der Waals surface area contributed by atoms with Crippen LogP contribution in [0.15, 0.2) is 30.5 Å². The molecule has 2 rings (SSSR count). The molecule has 26 heavy (non-hydrogen) atoms. The number of hydrogen-bond donors (Lipinski definition) is 2. The molecule has 2 N–H and O–H groups in total. The Bertz CT molecular complexity index is 826. The van der Waals surface area contributed by atoms with Crippen molar-refractivity contribution in [1.29, 1.82) is 0 Å². The number of rotatable bonds is 5. The topological polar surface area (TPSA) is 93.5 Å². The molecule has 0 saturated heterocycles. The van der Waals surface area contributed by atoms with E-state index in [0.29, 0.717) is 16.6 Å². The Morgan fingerprint density at radius 1 is 1.19 bits per heavy atom. The van der Waals surface area contributed by atoms with Gasteiger partial charge in [0.15, 0.2) is 5.69 Å². The lowest BCUT2D eigenvalue weighted by atomic mass is 10.1. The van der Waals surface area contributed by atoms with E-state index in [1.165, 1.54) is 31.4 Å². The number of ether oxygens (including phenoxy) is 1. The molecule has 140 valence electrons. The fourth-order valence-corrected chi connectivity index (χ4v) is 2.03. The van der Waals surface area contributed by atoms with Gasteiger partial charge in [0.05, 0.1) is 11.9 Å². The molecule has 0 saturated carbocycles. The molecule has 0 aliphatic heterocycles. The van der Waals surface area contributed by atoms with Crippen LogP contribution in [-0.2, 0) is 15.7 Å². The molecule has 7 nitrogen and oxygen atoms in total. The van der Waals surface area contributed by atoms with Crippen molar-refractivity contribution in [2.45, 2.75) is 25.6 Å². The molecule has 0 fully saturated rings. The smallest absolute Gasteiger partial charge is 0.434 e. The number of carboxylic acids is 1. The monoisotopic (exact) mass is 371 g/mol. The first-order chi connectivity index (χ1) is 12.0. The summed E-state index contributed by atoms with van der Waals surface area (Å²) in [5, 5.41) is 15.0. The number of methoxy groups -OCH3 is 1. The summed E-state index contributed by atoms with van der Waals surface area (Å²) in [6.45, 7) is 3.12. The number of halogens is 3. The predicted octanol–water partition coefficient (Wildman–Crippen LogP) is 2.95. The van der Waals surface area contributed by atoms with Gasteiger partial charge in [0.2, 0.25) is 0 Å². The van der Waals surface area contributed by atoms with E-state index < -0.39 is 34.9 Å². The van der Waals surface area contributed by atoms with Crippen molar-refractivity contribution >= 4 is 17.6 Å². The maximum absolute atomic E-state index is 13.2. The van der Waals surface area contributed by atoms with Gasteiger partial charge in [-0.1, -0.05) is 0 Å². The summed E-state index contributed by atoms with van der Waals surface area (Å²) in [5.41, 5.74) is -3.09. The zero-order valence-corrected chi connectivity index (χ0v) is 14.1. The molecule has 10 heteroatoms. The van der Waals surface area contributed by atoms with Gasteiger partial charge in [0.1, 0.15) is 11.2 Å². The Labute approximate surface area is 146 Å². The summed E-state index contributed by atoms with van der Waals surface area (Å²) in [7, 11) is 1.37. The average molecular weight is 371 g/mol. The number of carboxylic acid groups (broad SMARTS) is 1. The van der Waals surface area contributed by atoms with Gasteiger partial charge in [-0.25, -0.2) is 9.48 Å². The van der Waals surface area contributed by atoms with Gasteiger partial charge in [-0.2, -0.15) is 18.3 Å². The van der Waals surface area contributed by atoms with Crippen molar-refractivity contribution in [2.75, 3.05) is 12.4 Å². The van der Waals surface area contributed by atoms with E-state index >= 15 is 0 Å². The summed E-state index contributed by atoms with van der Waals surface area (Å²) >= 11 is 0. The minimum atomic E-state index is -4.90. The van der Waals surface area contributed by atoms with E-state index in [1.807, 2.05) is 0 Å². The number of amides is 1. The van der Waals surface area contributed by atoms with Crippen LogP contribution in [0.25, 0.3) is 5.69 Å². The van der Waals surface area contributed by atoms with Gasteiger partial charge < -0.3 is 15.2 Å². The van der Waals surface area contributed by atoms with Crippen molar-refractivity contribution < 1.29 is 32.6 Å². The number of nitrogens with one attached hydrogen (secondary N) is 1. The highest BCUT2D eigenvalue weighted by atomic mass is 19.4. The molecule has 1 aromatic heterocycles. The minimum Gasteiger partial charge on any atom is -0.478 e. The molecule has 1 heterocycles. The first kappa shape index (κ1) is 19.4. The van der Waals surface area contributed by atoms with E-state index in [1.54, 1.807) is 13.8 Å². The third-order valence-electron chi connectivity index (χ3n) is 3.70. The molecule has 0 aliphatic carbocycles. The van der Waals surface area contributed by atoms with Crippen LogP contribution in [0.1, 0.15) is 29.9 Å². The van der Waals surface area contributed by atoms with Gasteiger partial charge in [0.25, 0.3) is 5.91 Å². The van der Waals surface area contributed by atoms with Crippen LogP contribution in [0.2, 0.25) is 0 Å². The fourth-order valence-electron chi connectivity index (χ4n) is 2.03. The number of nitrogens with zero attached hydrogens (tertiary/aromatic N) is 2. The molecule has 0 atom stereocenters. The number of carbonyl (C=O) groups is 2. The summed E-state index contributed by atoms with van der Waals surface area (Å²) in [6.07, 6.45) is -4.26. The second-order valence-corrected chi connectivity index (χ2v) is 5.84. The van der Waals surface area contributed by atoms with Crippen LogP contribution in [0, 0.1) is 0 Å².